The highest BCUT2D eigenvalue weighted by Gasteiger charge is 2.33. The van der Waals surface area contributed by atoms with Crippen molar-refractivity contribution in [1.29, 1.82) is 5.26 Å². The molecule has 0 N–H and O–H groups in total. The number of piperidine rings is 1. The van der Waals surface area contributed by atoms with Gasteiger partial charge < -0.3 is 0 Å². The molecule has 0 spiro atoms. The van der Waals surface area contributed by atoms with Crippen LogP contribution in [0.5, 0.6) is 0 Å². The number of nitriles is 1. The zero-order chi connectivity index (χ0) is 21.8. The van der Waals surface area contributed by atoms with Crippen LogP contribution in [0.25, 0.3) is 0 Å². The second-order valence-corrected chi connectivity index (χ2v) is 9.23. The lowest BCUT2D eigenvalue weighted by Crippen LogP contribution is -2.39. The van der Waals surface area contributed by atoms with Gasteiger partial charge in [0.25, 0.3) is 0 Å². The van der Waals surface area contributed by atoms with E-state index in [1.54, 1.807) is 0 Å². The quantitative estimate of drug-likeness (QED) is 0.571. The zero-order valence-electron chi connectivity index (χ0n) is 18.5. The van der Waals surface area contributed by atoms with Crippen molar-refractivity contribution >= 4 is 0 Å². The average molecular weight is 427 g/mol. The predicted octanol–water partition coefficient (Wildman–Crippen LogP) is 4.70. The summed E-state index contributed by atoms with van der Waals surface area (Å²) in [5.74, 6) is 1.62. The number of nitrogens with zero attached hydrogens (tertiary/aromatic N) is 6. The van der Waals surface area contributed by atoms with Gasteiger partial charge in [0, 0.05) is 0 Å². The maximum atomic E-state index is 9.48. The molecule has 1 aliphatic heterocycles. The van der Waals surface area contributed by atoms with E-state index in [1.807, 2.05) is 18.2 Å². The van der Waals surface area contributed by atoms with Gasteiger partial charge in [-0.15, -0.1) is 5.10 Å². The Kier molecular flexibility index (Phi) is 6.27. The van der Waals surface area contributed by atoms with Gasteiger partial charge in [-0.05, 0) is 84.8 Å². The molecule has 6 nitrogen and oxygen atoms in total. The molecule has 2 aliphatic rings. The lowest BCUT2D eigenvalue weighted by atomic mass is 9.88. The molecule has 0 bridgehead atoms. The van der Waals surface area contributed by atoms with E-state index in [0.717, 1.165) is 56.6 Å². The summed E-state index contributed by atoms with van der Waals surface area (Å²) in [7, 11) is 0. The van der Waals surface area contributed by atoms with Crippen LogP contribution in [0.2, 0.25) is 0 Å². The van der Waals surface area contributed by atoms with Crippen molar-refractivity contribution in [3.63, 3.8) is 0 Å². The topological polar surface area (TPSA) is 70.6 Å². The molecule has 2 fully saturated rings. The summed E-state index contributed by atoms with van der Waals surface area (Å²) in [5, 5.41) is 22.5. The summed E-state index contributed by atoms with van der Waals surface area (Å²) >= 11 is 0. The van der Waals surface area contributed by atoms with Gasteiger partial charge in [0.05, 0.1) is 23.7 Å². The third-order valence-electron chi connectivity index (χ3n) is 7.15. The summed E-state index contributed by atoms with van der Waals surface area (Å²) < 4.78 is 2.08. The Labute approximate surface area is 189 Å². The molecule has 1 atom stereocenters. The number of benzene rings is 2. The molecule has 2 heterocycles. The molecular formula is C26H30N6. The van der Waals surface area contributed by atoms with Crippen LogP contribution < -0.4 is 0 Å². The van der Waals surface area contributed by atoms with E-state index in [-0.39, 0.29) is 6.04 Å². The number of rotatable bonds is 6. The van der Waals surface area contributed by atoms with Gasteiger partial charge in [-0.2, -0.15) is 5.26 Å². The molecule has 1 aromatic heterocycles. The standard InChI is InChI=1S/C26H30N6/c27-19-22-9-6-10-23(18-22)25(26-28-29-30-32(26)24-11-4-5-12-24)31-15-13-21(14-16-31)17-20-7-2-1-3-8-20/h1-3,6-10,18,21,24-25H,4-5,11-17H2/t25-/m1/s1. The summed E-state index contributed by atoms with van der Waals surface area (Å²) in [6, 6.07) is 21.5. The van der Waals surface area contributed by atoms with Crippen molar-refractivity contribution < 1.29 is 0 Å². The Bertz CT molecular complexity index is 1060. The number of likely N-dealkylation sites (tertiary alicyclic amines) is 1. The first-order chi connectivity index (χ1) is 15.8. The van der Waals surface area contributed by atoms with Crippen molar-refractivity contribution in [3.8, 4) is 6.07 Å². The summed E-state index contributed by atoms with van der Waals surface area (Å²) in [4.78, 5) is 2.52. The van der Waals surface area contributed by atoms with Crippen molar-refractivity contribution in [2.24, 2.45) is 5.92 Å². The first-order valence-corrected chi connectivity index (χ1v) is 11.9. The summed E-state index contributed by atoms with van der Waals surface area (Å²) in [6.07, 6.45) is 8.23. The minimum absolute atomic E-state index is 0.0171. The van der Waals surface area contributed by atoms with Gasteiger partial charge in [0.1, 0.15) is 0 Å². The smallest absolute Gasteiger partial charge is 0.173 e. The van der Waals surface area contributed by atoms with Crippen molar-refractivity contribution in [2.45, 2.75) is 57.0 Å². The molecule has 6 heteroatoms. The third-order valence-corrected chi connectivity index (χ3v) is 7.15. The molecule has 0 radical (unpaired) electrons. The fourth-order valence-corrected chi connectivity index (χ4v) is 5.45. The molecule has 164 valence electrons. The number of tetrazole rings is 1. The average Bonchev–Trinajstić information content (AvgIpc) is 3.54. The first kappa shape index (κ1) is 20.8. The van der Waals surface area contributed by atoms with Gasteiger partial charge in [0.15, 0.2) is 5.82 Å². The maximum Gasteiger partial charge on any atom is 0.173 e. The minimum atomic E-state index is -0.0171. The predicted molar refractivity (Wildman–Crippen MR) is 123 cm³/mol. The fourth-order valence-electron chi connectivity index (χ4n) is 5.45. The van der Waals surface area contributed by atoms with Crippen LogP contribution >= 0.6 is 0 Å². The van der Waals surface area contributed by atoms with Gasteiger partial charge in [-0.1, -0.05) is 55.3 Å². The molecule has 5 rings (SSSR count). The van der Waals surface area contributed by atoms with Gasteiger partial charge >= 0.3 is 0 Å². The second kappa shape index (κ2) is 9.62. The van der Waals surface area contributed by atoms with E-state index in [0.29, 0.717) is 17.5 Å². The Morgan fingerprint density at radius 1 is 0.969 bits per heavy atom. The molecule has 1 saturated carbocycles. The Morgan fingerprint density at radius 2 is 1.75 bits per heavy atom. The van der Waals surface area contributed by atoms with Crippen molar-refractivity contribution in [3.05, 3.63) is 77.1 Å². The fraction of sp³-hybridized carbons (Fsp3) is 0.462. The molecule has 2 aromatic carbocycles. The van der Waals surface area contributed by atoms with E-state index in [4.69, 9.17) is 0 Å². The molecule has 0 amide bonds. The van der Waals surface area contributed by atoms with Crippen LogP contribution in [0.15, 0.2) is 54.6 Å². The maximum absolute atomic E-state index is 9.48. The number of hydrogen-bond donors (Lipinski definition) is 0. The highest BCUT2D eigenvalue weighted by Crippen LogP contribution is 2.36. The van der Waals surface area contributed by atoms with Crippen LogP contribution in [0.1, 0.15) is 73.1 Å². The Morgan fingerprint density at radius 3 is 2.50 bits per heavy atom. The van der Waals surface area contributed by atoms with Crippen LogP contribution in [0, 0.1) is 17.2 Å². The number of hydrogen-bond acceptors (Lipinski definition) is 5. The van der Waals surface area contributed by atoms with Gasteiger partial charge in [-0.25, -0.2) is 4.68 Å². The highest BCUT2D eigenvalue weighted by atomic mass is 15.6. The van der Waals surface area contributed by atoms with Crippen LogP contribution in [-0.4, -0.2) is 38.2 Å². The second-order valence-electron chi connectivity index (χ2n) is 9.23. The Balaban J connectivity index is 1.40. The lowest BCUT2D eigenvalue weighted by molar-refractivity contribution is 0.142. The molecule has 1 saturated heterocycles. The lowest BCUT2D eigenvalue weighted by Gasteiger charge is -2.37. The minimum Gasteiger partial charge on any atom is -0.290 e. The summed E-state index contributed by atoms with van der Waals surface area (Å²) in [5.41, 5.74) is 3.22. The first-order valence-electron chi connectivity index (χ1n) is 11.9. The van der Waals surface area contributed by atoms with Crippen molar-refractivity contribution in [2.75, 3.05) is 13.1 Å². The number of aromatic nitrogens is 4. The SMILES string of the molecule is N#Cc1cccc([C@H](c2nnnn2C2CCCC2)N2CCC(Cc3ccccc3)CC2)c1. The highest BCUT2D eigenvalue weighted by molar-refractivity contribution is 5.36. The van der Waals surface area contributed by atoms with E-state index >= 15 is 0 Å². The molecule has 0 unspecified atom stereocenters. The van der Waals surface area contributed by atoms with Crippen molar-refractivity contribution in [1.82, 2.24) is 25.1 Å². The molecule has 32 heavy (non-hydrogen) atoms. The normalized spacial score (nSPS) is 19.1. The van der Waals surface area contributed by atoms with Crippen LogP contribution in [0.3, 0.4) is 0 Å². The van der Waals surface area contributed by atoms with E-state index in [2.05, 4.69) is 67.6 Å². The largest absolute Gasteiger partial charge is 0.290 e. The monoisotopic (exact) mass is 426 g/mol. The Hall–Kier alpha value is -3.04. The zero-order valence-corrected chi connectivity index (χ0v) is 18.5. The van der Waals surface area contributed by atoms with E-state index < -0.39 is 0 Å². The van der Waals surface area contributed by atoms with Gasteiger partial charge in [0.2, 0.25) is 0 Å². The van der Waals surface area contributed by atoms with Crippen LogP contribution in [-0.2, 0) is 6.42 Å². The molecular weight excluding hydrogens is 396 g/mol. The van der Waals surface area contributed by atoms with E-state index in [9.17, 15) is 5.26 Å². The van der Waals surface area contributed by atoms with Gasteiger partial charge in [-0.3, -0.25) is 4.90 Å². The third kappa shape index (κ3) is 4.44. The van der Waals surface area contributed by atoms with E-state index in [1.165, 1.54) is 18.4 Å². The van der Waals surface area contributed by atoms with Crippen LogP contribution in [0.4, 0.5) is 0 Å². The molecule has 3 aromatic rings. The summed E-state index contributed by atoms with van der Waals surface area (Å²) in [6.45, 7) is 2.02. The molecule has 1 aliphatic carbocycles.